The van der Waals surface area contributed by atoms with Gasteiger partial charge in [-0.1, -0.05) is 0 Å². The standard InChI is InChI=1S/C16H21NO2S/c1-11-3-4-14(12(2)17-11)15(18)13-5-7-19-16(9-13)6-8-20-10-16/h3-4,13H,5-10H2,1-2H3. The van der Waals surface area contributed by atoms with Gasteiger partial charge in [-0.3, -0.25) is 9.78 Å². The van der Waals surface area contributed by atoms with Gasteiger partial charge in [-0.25, -0.2) is 0 Å². The number of hydrogen-bond donors (Lipinski definition) is 0. The lowest BCUT2D eigenvalue weighted by Gasteiger charge is -2.37. The van der Waals surface area contributed by atoms with Gasteiger partial charge in [0.25, 0.3) is 0 Å². The monoisotopic (exact) mass is 291 g/mol. The molecule has 1 aromatic rings. The van der Waals surface area contributed by atoms with E-state index in [4.69, 9.17) is 4.74 Å². The van der Waals surface area contributed by atoms with Gasteiger partial charge in [-0.2, -0.15) is 11.8 Å². The normalized spacial score (nSPS) is 29.8. The van der Waals surface area contributed by atoms with Gasteiger partial charge in [0.05, 0.1) is 5.60 Å². The number of rotatable bonds is 2. The lowest BCUT2D eigenvalue weighted by atomic mass is 9.81. The van der Waals surface area contributed by atoms with Crippen molar-refractivity contribution in [3.63, 3.8) is 0 Å². The summed E-state index contributed by atoms with van der Waals surface area (Å²) in [4.78, 5) is 17.2. The van der Waals surface area contributed by atoms with Gasteiger partial charge < -0.3 is 4.74 Å². The molecule has 0 saturated carbocycles. The molecule has 2 aliphatic rings. The minimum absolute atomic E-state index is 0.0325. The fourth-order valence-corrected chi connectivity index (χ4v) is 4.66. The van der Waals surface area contributed by atoms with E-state index in [-0.39, 0.29) is 17.3 Å². The Labute approximate surface area is 124 Å². The van der Waals surface area contributed by atoms with Crippen LogP contribution in [0.25, 0.3) is 0 Å². The summed E-state index contributed by atoms with van der Waals surface area (Å²) >= 11 is 1.95. The molecule has 2 unspecified atom stereocenters. The van der Waals surface area contributed by atoms with Crippen LogP contribution in [0.3, 0.4) is 0 Å². The number of Topliss-reactive ketones (excluding diaryl/α,β-unsaturated/α-hetero) is 1. The summed E-state index contributed by atoms with van der Waals surface area (Å²) < 4.78 is 6.00. The third kappa shape index (κ3) is 2.63. The Balaban J connectivity index is 1.79. The molecule has 1 spiro atoms. The van der Waals surface area contributed by atoms with Crippen molar-refractivity contribution in [3.05, 3.63) is 29.1 Å². The third-order valence-electron chi connectivity index (χ3n) is 4.42. The van der Waals surface area contributed by atoms with Crippen molar-refractivity contribution >= 4 is 17.5 Å². The Morgan fingerprint density at radius 3 is 3.00 bits per heavy atom. The molecule has 2 aliphatic heterocycles. The summed E-state index contributed by atoms with van der Waals surface area (Å²) in [6, 6.07) is 3.87. The van der Waals surface area contributed by atoms with E-state index in [1.54, 1.807) is 0 Å². The van der Waals surface area contributed by atoms with Crippen molar-refractivity contribution in [1.82, 2.24) is 4.98 Å². The van der Waals surface area contributed by atoms with Crippen molar-refractivity contribution in [2.24, 2.45) is 5.92 Å². The maximum absolute atomic E-state index is 12.8. The topological polar surface area (TPSA) is 39.2 Å². The molecule has 0 bridgehead atoms. The Morgan fingerprint density at radius 2 is 2.30 bits per heavy atom. The predicted octanol–water partition coefficient (Wildman–Crippen LogP) is 3.18. The van der Waals surface area contributed by atoms with Gasteiger partial charge in [0.15, 0.2) is 5.78 Å². The van der Waals surface area contributed by atoms with Crippen LogP contribution in [0.4, 0.5) is 0 Å². The molecule has 3 rings (SSSR count). The highest BCUT2D eigenvalue weighted by Crippen LogP contribution is 2.41. The molecule has 3 nitrogen and oxygen atoms in total. The Bertz CT molecular complexity index is 523. The lowest BCUT2D eigenvalue weighted by Crippen LogP contribution is -2.42. The van der Waals surface area contributed by atoms with Gasteiger partial charge in [0.2, 0.25) is 0 Å². The molecule has 0 aliphatic carbocycles. The maximum atomic E-state index is 12.8. The largest absolute Gasteiger partial charge is 0.374 e. The molecule has 4 heteroatoms. The molecular formula is C16H21NO2S. The zero-order chi connectivity index (χ0) is 14.2. The van der Waals surface area contributed by atoms with E-state index in [0.717, 1.165) is 54.3 Å². The summed E-state index contributed by atoms with van der Waals surface area (Å²) in [6.07, 6.45) is 2.82. The van der Waals surface area contributed by atoms with Crippen LogP contribution in [-0.2, 0) is 4.74 Å². The van der Waals surface area contributed by atoms with Crippen LogP contribution < -0.4 is 0 Å². The second-order valence-electron chi connectivity index (χ2n) is 5.97. The van der Waals surface area contributed by atoms with Gasteiger partial charge in [-0.05, 0) is 51.0 Å². The van der Waals surface area contributed by atoms with Crippen molar-refractivity contribution < 1.29 is 9.53 Å². The first-order chi connectivity index (χ1) is 9.60. The first kappa shape index (κ1) is 14.1. The second kappa shape index (κ2) is 5.49. The molecule has 0 amide bonds. The molecule has 2 fully saturated rings. The number of carbonyl (C=O) groups excluding carboxylic acids is 1. The maximum Gasteiger partial charge on any atom is 0.167 e. The fraction of sp³-hybridized carbons (Fsp3) is 0.625. The van der Waals surface area contributed by atoms with Crippen molar-refractivity contribution in [1.29, 1.82) is 0 Å². The van der Waals surface area contributed by atoms with Crippen LogP contribution in [0.2, 0.25) is 0 Å². The summed E-state index contributed by atoms with van der Waals surface area (Å²) in [5.41, 5.74) is 2.59. The number of hydrogen-bond acceptors (Lipinski definition) is 4. The number of ketones is 1. The van der Waals surface area contributed by atoms with Crippen LogP contribution in [0.15, 0.2) is 12.1 Å². The minimum Gasteiger partial charge on any atom is -0.374 e. The minimum atomic E-state index is -0.0325. The van der Waals surface area contributed by atoms with E-state index in [2.05, 4.69) is 4.98 Å². The Morgan fingerprint density at radius 1 is 1.45 bits per heavy atom. The van der Waals surface area contributed by atoms with E-state index in [1.165, 1.54) is 0 Å². The van der Waals surface area contributed by atoms with E-state index >= 15 is 0 Å². The number of carbonyl (C=O) groups is 1. The molecule has 0 radical (unpaired) electrons. The smallest absolute Gasteiger partial charge is 0.167 e. The van der Waals surface area contributed by atoms with Crippen LogP contribution in [0.5, 0.6) is 0 Å². The quantitative estimate of drug-likeness (QED) is 0.785. The number of pyridine rings is 1. The second-order valence-corrected chi connectivity index (χ2v) is 7.08. The number of aryl methyl sites for hydroxylation is 2. The highest BCUT2D eigenvalue weighted by molar-refractivity contribution is 7.99. The van der Waals surface area contributed by atoms with Crippen molar-refractivity contribution in [2.45, 2.75) is 38.7 Å². The van der Waals surface area contributed by atoms with Crippen molar-refractivity contribution in [3.8, 4) is 0 Å². The summed E-state index contributed by atoms with van der Waals surface area (Å²) in [5.74, 6) is 2.56. The predicted molar refractivity (Wildman–Crippen MR) is 81.4 cm³/mol. The molecular weight excluding hydrogens is 270 g/mol. The van der Waals surface area contributed by atoms with Crippen LogP contribution in [-0.4, -0.2) is 34.5 Å². The summed E-state index contributed by atoms with van der Waals surface area (Å²) in [6.45, 7) is 4.61. The zero-order valence-electron chi connectivity index (χ0n) is 12.1. The van der Waals surface area contributed by atoms with E-state index in [1.807, 2.05) is 37.7 Å². The molecule has 20 heavy (non-hydrogen) atoms. The van der Waals surface area contributed by atoms with Gasteiger partial charge >= 0.3 is 0 Å². The third-order valence-corrected chi connectivity index (χ3v) is 5.64. The molecule has 1 aromatic heterocycles. The lowest BCUT2D eigenvalue weighted by molar-refractivity contribution is -0.0734. The van der Waals surface area contributed by atoms with Crippen LogP contribution >= 0.6 is 11.8 Å². The molecule has 3 heterocycles. The van der Waals surface area contributed by atoms with Crippen LogP contribution in [0, 0.1) is 19.8 Å². The number of aromatic nitrogens is 1. The van der Waals surface area contributed by atoms with Crippen LogP contribution in [0.1, 0.15) is 41.0 Å². The highest BCUT2D eigenvalue weighted by atomic mass is 32.2. The Kier molecular flexibility index (Phi) is 3.87. The van der Waals surface area contributed by atoms with Crippen molar-refractivity contribution in [2.75, 3.05) is 18.1 Å². The molecule has 0 N–H and O–H groups in total. The van der Waals surface area contributed by atoms with Gasteiger partial charge in [0, 0.05) is 35.2 Å². The first-order valence-corrected chi connectivity index (χ1v) is 8.45. The van der Waals surface area contributed by atoms with E-state index in [9.17, 15) is 4.79 Å². The first-order valence-electron chi connectivity index (χ1n) is 7.30. The molecule has 108 valence electrons. The van der Waals surface area contributed by atoms with Gasteiger partial charge in [0.1, 0.15) is 0 Å². The SMILES string of the molecule is Cc1ccc(C(=O)C2CCOC3(CCSC3)C2)c(C)n1. The molecule has 2 atom stereocenters. The van der Waals surface area contributed by atoms with Gasteiger partial charge in [-0.15, -0.1) is 0 Å². The fourth-order valence-electron chi connectivity index (χ4n) is 3.28. The number of nitrogens with zero attached hydrogens (tertiary/aromatic N) is 1. The molecule has 2 saturated heterocycles. The van der Waals surface area contributed by atoms with E-state index < -0.39 is 0 Å². The summed E-state index contributed by atoms with van der Waals surface area (Å²) in [7, 11) is 0. The van der Waals surface area contributed by atoms with E-state index in [0.29, 0.717) is 0 Å². The number of thioether (sulfide) groups is 1. The average molecular weight is 291 g/mol. The number of ether oxygens (including phenoxy) is 1. The average Bonchev–Trinajstić information content (AvgIpc) is 2.86. The summed E-state index contributed by atoms with van der Waals surface area (Å²) in [5, 5.41) is 0. The highest BCUT2D eigenvalue weighted by Gasteiger charge is 2.42. The molecule has 0 aromatic carbocycles. The Hall–Kier alpha value is -0.870. The zero-order valence-corrected chi connectivity index (χ0v) is 13.0.